The molecule has 0 bridgehead atoms. The van der Waals surface area contributed by atoms with Crippen molar-refractivity contribution in [3.63, 3.8) is 0 Å². The minimum atomic E-state index is -1.26. The number of Topliss-reactive ketones (excluding diaryl/α,β-unsaturated/α-hetero) is 1. The van der Waals surface area contributed by atoms with E-state index in [0.29, 0.717) is 5.69 Å². The Morgan fingerprint density at radius 2 is 1.72 bits per heavy atom. The fourth-order valence-electron chi connectivity index (χ4n) is 1.65. The number of aromatic nitrogens is 2. The number of carbonyl (C=O) groups is 1. The number of aryl methyl sites for hydroxylation is 2. The summed E-state index contributed by atoms with van der Waals surface area (Å²) in [4.78, 5) is 20.0. The molecule has 0 aliphatic carbocycles. The fraction of sp³-hybridized carbons (Fsp3) is 0.214. The lowest BCUT2D eigenvalue weighted by molar-refractivity contribution is 0.0734. The van der Waals surface area contributed by atoms with Gasteiger partial charge in [0.25, 0.3) is 0 Å². The second kappa shape index (κ2) is 5.06. The number of hydrogen-bond donors (Lipinski definition) is 1. The predicted octanol–water partition coefficient (Wildman–Crippen LogP) is 2.01. The number of ketones is 1. The van der Waals surface area contributed by atoms with Crippen molar-refractivity contribution in [3.8, 4) is 0 Å². The average molecular weight is 242 g/mol. The molecular formula is C14H14N2O2. The molecule has 0 spiro atoms. The minimum Gasteiger partial charge on any atom is -0.378 e. The lowest BCUT2D eigenvalue weighted by Gasteiger charge is -2.09. The Labute approximate surface area is 105 Å². The molecule has 0 saturated heterocycles. The van der Waals surface area contributed by atoms with Gasteiger partial charge >= 0.3 is 0 Å². The van der Waals surface area contributed by atoms with Gasteiger partial charge in [-0.25, -0.2) is 0 Å². The van der Waals surface area contributed by atoms with Crippen LogP contribution in [-0.4, -0.2) is 20.9 Å². The van der Waals surface area contributed by atoms with Crippen LogP contribution in [0.5, 0.6) is 0 Å². The van der Waals surface area contributed by atoms with E-state index in [0.717, 1.165) is 11.1 Å². The van der Waals surface area contributed by atoms with Gasteiger partial charge in [-0.05, 0) is 49.2 Å². The highest BCUT2D eigenvalue weighted by atomic mass is 16.3. The third-order valence-corrected chi connectivity index (χ3v) is 2.63. The monoisotopic (exact) mass is 242 g/mol. The van der Waals surface area contributed by atoms with Crippen LogP contribution in [0.1, 0.15) is 33.4 Å². The van der Waals surface area contributed by atoms with Crippen molar-refractivity contribution >= 4 is 5.78 Å². The Hall–Kier alpha value is -2.07. The molecule has 2 aromatic rings. The van der Waals surface area contributed by atoms with Crippen molar-refractivity contribution in [2.24, 2.45) is 0 Å². The van der Waals surface area contributed by atoms with Crippen molar-refractivity contribution in [2.45, 2.75) is 20.0 Å². The zero-order valence-electron chi connectivity index (χ0n) is 10.3. The van der Waals surface area contributed by atoms with Gasteiger partial charge in [0.2, 0.25) is 5.78 Å². The molecule has 4 nitrogen and oxygen atoms in total. The lowest BCUT2D eigenvalue weighted by atomic mass is 10.1. The van der Waals surface area contributed by atoms with Gasteiger partial charge in [-0.3, -0.25) is 14.8 Å². The van der Waals surface area contributed by atoms with Crippen molar-refractivity contribution in [1.29, 1.82) is 0 Å². The summed E-state index contributed by atoms with van der Waals surface area (Å²) < 4.78 is 0. The third kappa shape index (κ3) is 2.60. The first-order chi connectivity index (χ1) is 8.58. The van der Waals surface area contributed by atoms with Crippen LogP contribution in [0.4, 0.5) is 0 Å². The molecule has 0 fully saturated rings. The van der Waals surface area contributed by atoms with Gasteiger partial charge in [0.15, 0.2) is 6.10 Å². The van der Waals surface area contributed by atoms with E-state index in [1.54, 1.807) is 30.6 Å². The molecule has 2 rings (SSSR count). The maximum absolute atomic E-state index is 12.1. The first-order valence-electron chi connectivity index (χ1n) is 5.65. The highest BCUT2D eigenvalue weighted by Crippen LogP contribution is 2.16. The van der Waals surface area contributed by atoms with Gasteiger partial charge in [-0.15, -0.1) is 0 Å². The van der Waals surface area contributed by atoms with Crippen LogP contribution in [0.25, 0.3) is 0 Å². The molecule has 92 valence electrons. The largest absolute Gasteiger partial charge is 0.378 e. The minimum absolute atomic E-state index is 0.255. The SMILES string of the molecule is Cc1ccnc(C(=O)C(O)c2cc(C)ccn2)c1. The van der Waals surface area contributed by atoms with Crippen LogP contribution in [0.3, 0.4) is 0 Å². The van der Waals surface area contributed by atoms with Gasteiger partial charge in [0.05, 0.1) is 5.69 Å². The van der Waals surface area contributed by atoms with Crippen molar-refractivity contribution in [1.82, 2.24) is 9.97 Å². The first kappa shape index (κ1) is 12.4. The highest BCUT2D eigenvalue weighted by molar-refractivity contribution is 5.98. The predicted molar refractivity (Wildman–Crippen MR) is 67.2 cm³/mol. The van der Waals surface area contributed by atoms with E-state index in [1.807, 2.05) is 19.9 Å². The van der Waals surface area contributed by atoms with Crippen molar-refractivity contribution < 1.29 is 9.90 Å². The molecule has 0 radical (unpaired) electrons. The number of aliphatic hydroxyl groups excluding tert-OH is 1. The summed E-state index contributed by atoms with van der Waals surface area (Å²) in [7, 11) is 0. The molecule has 2 heterocycles. The molecule has 0 aliphatic heterocycles. The van der Waals surface area contributed by atoms with Crippen LogP contribution in [0.2, 0.25) is 0 Å². The van der Waals surface area contributed by atoms with E-state index in [9.17, 15) is 9.90 Å². The number of rotatable bonds is 3. The molecule has 2 aromatic heterocycles. The summed E-state index contributed by atoms with van der Waals surface area (Å²) in [5.41, 5.74) is 2.48. The molecule has 18 heavy (non-hydrogen) atoms. The average Bonchev–Trinajstić information content (AvgIpc) is 2.37. The molecule has 0 saturated carbocycles. The van der Waals surface area contributed by atoms with E-state index in [2.05, 4.69) is 9.97 Å². The summed E-state index contributed by atoms with van der Waals surface area (Å²) in [5, 5.41) is 10.0. The summed E-state index contributed by atoms with van der Waals surface area (Å²) >= 11 is 0. The van der Waals surface area contributed by atoms with E-state index < -0.39 is 11.9 Å². The van der Waals surface area contributed by atoms with Gasteiger partial charge in [-0.1, -0.05) is 0 Å². The molecular weight excluding hydrogens is 228 g/mol. The zero-order valence-corrected chi connectivity index (χ0v) is 10.3. The maximum Gasteiger partial charge on any atom is 0.215 e. The van der Waals surface area contributed by atoms with E-state index in [1.165, 1.54) is 0 Å². The second-order valence-corrected chi connectivity index (χ2v) is 4.24. The van der Waals surface area contributed by atoms with Crippen molar-refractivity contribution in [2.75, 3.05) is 0 Å². The molecule has 0 aromatic carbocycles. The van der Waals surface area contributed by atoms with Crippen LogP contribution >= 0.6 is 0 Å². The summed E-state index contributed by atoms with van der Waals surface area (Å²) in [6, 6.07) is 6.96. The van der Waals surface area contributed by atoms with Gasteiger partial charge in [-0.2, -0.15) is 0 Å². The van der Waals surface area contributed by atoms with Crippen LogP contribution in [-0.2, 0) is 0 Å². The number of aliphatic hydroxyl groups is 1. The molecule has 0 aliphatic rings. The highest BCUT2D eigenvalue weighted by Gasteiger charge is 2.21. The Morgan fingerprint density at radius 3 is 2.33 bits per heavy atom. The smallest absolute Gasteiger partial charge is 0.215 e. The van der Waals surface area contributed by atoms with E-state index >= 15 is 0 Å². The molecule has 1 atom stereocenters. The molecule has 0 amide bonds. The summed E-state index contributed by atoms with van der Waals surface area (Å²) in [6.07, 6.45) is 1.86. The third-order valence-electron chi connectivity index (χ3n) is 2.63. The van der Waals surface area contributed by atoms with Gasteiger partial charge < -0.3 is 5.11 Å². The Morgan fingerprint density at radius 1 is 1.11 bits per heavy atom. The Balaban J connectivity index is 2.29. The Bertz CT molecular complexity index is 582. The molecule has 1 unspecified atom stereocenters. The fourth-order valence-corrected chi connectivity index (χ4v) is 1.65. The second-order valence-electron chi connectivity index (χ2n) is 4.24. The van der Waals surface area contributed by atoms with Crippen LogP contribution < -0.4 is 0 Å². The standard InChI is InChI=1S/C14H14N2O2/c1-9-3-5-15-11(7-9)13(17)14(18)12-8-10(2)4-6-16-12/h3-8,13,17H,1-2H3. The Kier molecular flexibility index (Phi) is 3.48. The van der Waals surface area contributed by atoms with Crippen molar-refractivity contribution in [3.05, 3.63) is 59.2 Å². The number of carbonyl (C=O) groups excluding carboxylic acids is 1. The molecule has 1 N–H and O–H groups in total. The number of nitrogens with zero attached hydrogens (tertiary/aromatic N) is 2. The normalized spacial score (nSPS) is 12.2. The molecule has 4 heteroatoms. The quantitative estimate of drug-likeness (QED) is 0.836. The van der Waals surface area contributed by atoms with E-state index in [-0.39, 0.29) is 5.69 Å². The van der Waals surface area contributed by atoms with Crippen LogP contribution in [0.15, 0.2) is 36.7 Å². The van der Waals surface area contributed by atoms with Gasteiger partial charge in [0, 0.05) is 12.4 Å². The van der Waals surface area contributed by atoms with E-state index in [4.69, 9.17) is 0 Å². The lowest BCUT2D eigenvalue weighted by Crippen LogP contribution is -2.15. The number of pyridine rings is 2. The van der Waals surface area contributed by atoms with Gasteiger partial charge in [0.1, 0.15) is 5.69 Å². The first-order valence-corrected chi connectivity index (χ1v) is 5.65. The summed E-state index contributed by atoms with van der Waals surface area (Å²) in [5.74, 6) is -0.434. The topological polar surface area (TPSA) is 63.1 Å². The zero-order chi connectivity index (χ0) is 13.1. The number of hydrogen-bond acceptors (Lipinski definition) is 4. The summed E-state index contributed by atoms with van der Waals surface area (Å²) in [6.45, 7) is 3.75. The maximum atomic E-state index is 12.1. The van der Waals surface area contributed by atoms with Crippen LogP contribution in [0, 0.1) is 13.8 Å².